The lowest BCUT2D eigenvalue weighted by Gasteiger charge is -2.26. The molecule has 2 fully saturated rings. The van der Waals surface area contributed by atoms with E-state index in [1.165, 1.54) is 32.1 Å². The minimum absolute atomic E-state index is 0.0778. The van der Waals surface area contributed by atoms with Crippen LogP contribution < -0.4 is 11.1 Å². The van der Waals surface area contributed by atoms with Crippen molar-refractivity contribution in [2.45, 2.75) is 57.8 Å². The van der Waals surface area contributed by atoms with Gasteiger partial charge in [-0.1, -0.05) is 32.1 Å². The monoisotopic (exact) mass is 309 g/mol. The summed E-state index contributed by atoms with van der Waals surface area (Å²) in [5.41, 5.74) is 5.32. The van der Waals surface area contributed by atoms with Crippen LogP contribution in [0.3, 0.4) is 0 Å². The molecule has 1 unspecified atom stereocenters. The van der Waals surface area contributed by atoms with Crippen molar-refractivity contribution >= 4 is 11.8 Å². The van der Waals surface area contributed by atoms with Gasteiger partial charge in [0, 0.05) is 13.0 Å². The Morgan fingerprint density at radius 2 is 1.82 bits per heavy atom. The Kier molecular flexibility index (Phi) is 7.16. The summed E-state index contributed by atoms with van der Waals surface area (Å²) in [5, 5.41) is 3.33. The predicted octanol–water partition coefficient (Wildman–Crippen LogP) is 1.66. The molecule has 1 aliphatic carbocycles. The van der Waals surface area contributed by atoms with E-state index in [1.807, 2.05) is 0 Å². The molecule has 5 heteroatoms. The Balaban J connectivity index is 1.75. The van der Waals surface area contributed by atoms with E-state index < -0.39 is 5.91 Å². The second-order valence-electron chi connectivity index (χ2n) is 6.97. The minimum Gasteiger partial charge on any atom is -0.368 e. The fraction of sp³-hybridized carbons (Fsp3) is 0.882. The molecule has 2 aliphatic rings. The van der Waals surface area contributed by atoms with Crippen molar-refractivity contribution in [3.8, 4) is 0 Å². The highest BCUT2D eigenvalue weighted by Gasteiger charge is 2.21. The first kappa shape index (κ1) is 17.3. The number of rotatable bonds is 8. The molecular formula is C17H31N3O2. The lowest BCUT2D eigenvalue weighted by molar-refractivity contribution is -0.135. The number of amides is 2. The van der Waals surface area contributed by atoms with Crippen molar-refractivity contribution in [1.82, 2.24) is 10.2 Å². The fourth-order valence-corrected chi connectivity index (χ4v) is 3.74. The average molecular weight is 309 g/mol. The van der Waals surface area contributed by atoms with Crippen LogP contribution in [0.5, 0.6) is 0 Å². The Labute approximate surface area is 134 Å². The topological polar surface area (TPSA) is 75.4 Å². The SMILES string of the molecule is NC(=O)CN(CCC1CCCCC1)C(=O)CCC1CCNC1. The molecule has 0 bridgehead atoms. The van der Waals surface area contributed by atoms with Gasteiger partial charge in [0.2, 0.25) is 11.8 Å². The largest absolute Gasteiger partial charge is 0.368 e. The van der Waals surface area contributed by atoms with Gasteiger partial charge >= 0.3 is 0 Å². The summed E-state index contributed by atoms with van der Waals surface area (Å²) in [5.74, 6) is 1.02. The molecule has 0 radical (unpaired) electrons. The van der Waals surface area contributed by atoms with Crippen molar-refractivity contribution in [3.05, 3.63) is 0 Å². The first-order valence-electron chi connectivity index (χ1n) is 8.92. The van der Waals surface area contributed by atoms with Crippen molar-refractivity contribution < 1.29 is 9.59 Å². The van der Waals surface area contributed by atoms with Crippen molar-refractivity contribution in [2.24, 2.45) is 17.6 Å². The maximum absolute atomic E-state index is 12.4. The maximum atomic E-state index is 12.4. The molecule has 126 valence electrons. The Morgan fingerprint density at radius 3 is 2.45 bits per heavy atom. The van der Waals surface area contributed by atoms with E-state index in [0.717, 1.165) is 38.3 Å². The summed E-state index contributed by atoms with van der Waals surface area (Å²) in [7, 11) is 0. The van der Waals surface area contributed by atoms with Crippen LogP contribution in [0.4, 0.5) is 0 Å². The van der Waals surface area contributed by atoms with Crippen LogP contribution in [0.1, 0.15) is 57.8 Å². The molecule has 1 saturated heterocycles. The molecule has 1 saturated carbocycles. The average Bonchev–Trinajstić information content (AvgIpc) is 3.03. The molecule has 0 aromatic heterocycles. The Bertz CT molecular complexity index is 361. The summed E-state index contributed by atoms with van der Waals surface area (Å²) < 4.78 is 0. The van der Waals surface area contributed by atoms with E-state index in [2.05, 4.69) is 5.32 Å². The van der Waals surface area contributed by atoms with Gasteiger partial charge in [0.25, 0.3) is 0 Å². The van der Waals surface area contributed by atoms with Crippen LogP contribution >= 0.6 is 0 Å². The van der Waals surface area contributed by atoms with Crippen molar-refractivity contribution in [3.63, 3.8) is 0 Å². The molecule has 1 heterocycles. The number of hydrogen-bond acceptors (Lipinski definition) is 3. The zero-order valence-electron chi connectivity index (χ0n) is 13.7. The van der Waals surface area contributed by atoms with Gasteiger partial charge in [0.15, 0.2) is 0 Å². The molecule has 0 aromatic carbocycles. The third-order valence-electron chi connectivity index (χ3n) is 5.16. The highest BCUT2D eigenvalue weighted by atomic mass is 16.2. The number of carbonyl (C=O) groups is 2. The molecule has 22 heavy (non-hydrogen) atoms. The molecule has 2 rings (SSSR count). The second-order valence-corrected chi connectivity index (χ2v) is 6.97. The smallest absolute Gasteiger partial charge is 0.237 e. The van der Waals surface area contributed by atoms with Crippen LogP contribution in [0.25, 0.3) is 0 Å². The van der Waals surface area contributed by atoms with Gasteiger partial charge in [-0.3, -0.25) is 9.59 Å². The summed E-state index contributed by atoms with van der Waals surface area (Å²) in [6.45, 7) is 2.85. The Morgan fingerprint density at radius 1 is 1.05 bits per heavy atom. The van der Waals surface area contributed by atoms with E-state index in [4.69, 9.17) is 5.73 Å². The van der Waals surface area contributed by atoms with Crippen molar-refractivity contribution in [2.75, 3.05) is 26.2 Å². The number of nitrogens with one attached hydrogen (secondary N) is 1. The first-order valence-corrected chi connectivity index (χ1v) is 8.92. The lowest BCUT2D eigenvalue weighted by atomic mass is 9.87. The number of carbonyl (C=O) groups excluding carboxylic acids is 2. The molecule has 1 aliphatic heterocycles. The van der Waals surface area contributed by atoms with E-state index in [-0.39, 0.29) is 12.5 Å². The van der Waals surface area contributed by atoms with E-state index in [0.29, 0.717) is 18.9 Å². The molecule has 3 N–H and O–H groups in total. The van der Waals surface area contributed by atoms with E-state index in [1.54, 1.807) is 4.90 Å². The third-order valence-corrected chi connectivity index (χ3v) is 5.16. The van der Waals surface area contributed by atoms with Crippen LogP contribution in [-0.2, 0) is 9.59 Å². The standard InChI is InChI=1S/C17H31N3O2/c18-16(21)13-20(11-9-14-4-2-1-3-5-14)17(22)7-6-15-8-10-19-12-15/h14-15,19H,1-13H2,(H2,18,21). The zero-order chi connectivity index (χ0) is 15.8. The Hall–Kier alpha value is -1.10. The van der Waals surface area contributed by atoms with Crippen LogP contribution in [-0.4, -0.2) is 42.9 Å². The highest BCUT2D eigenvalue weighted by molar-refractivity contribution is 5.83. The molecule has 1 atom stereocenters. The van der Waals surface area contributed by atoms with Crippen molar-refractivity contribution in [1.29, 1.82) is 0 Å². The second kappa shape index (κ2) is 9.13. The lowest BCUT2D eigenvalue weighted by Crippen LogP contribution is -2.39. The van der Waals surface area contributed by atoms with Gasteiger partial charge in [-0.15, -0.1) is 0 Å². The minimum atomic E-state index is -0.403. The number of primary amides is 1. The van der Waals surface area contributed by atoms with Crippen LogP contribution in [0, 0.1) is 11.8 Å². The van der Waals surface area contributed by atoms with Gasteiger partial charge in [-0.05, 0) is 44.2 Å². The molecule has 5 nitrogen and oxygen atoms in total. The first-order chi connectivity index (χ1) is 10.6. The predicted molar refractivity (Wildman–Crippen MR) is 87.2 cm³/mol. The molecular weight excluding hydrogens is 278 g/mol. The summed E-state index contributed by atoms with van der Waals surface area (Å²) in [4.78, 5) is 25.3. The van der Waals surface area contributed by atoms with Crippen LogP contribution in [0.15, 0.2) is 0 Å². The zero-order valence-corrected chi connectivity index (χ0v) is 13.7. The summed E-state index contributed by atoms with van der Waals surface area (Å²) in [6.07, 6.45) is 10.1. The number of nitrogens with zero attached hydrogens (tertiary/aromatic N) is 1. The van der Waals surface area contributed by atoms with Gasteiger partial charge in [0.1, 0.15) is 0 Å². The quantitative estimate of drug-likeness (QED) is 0.716. The molecule has 0 spiro atoms. The summed E-state index contributed by atoms with van der Waals surface area (Å²) >= 11 is 0. The van der Waals surface area contributed by atoms with Gasteiger partial charge in [-0.25, -0.2) is 0 Å². The highest BCUT2D eigenvalue weighted by Crippen LogP contribution is 2.26. The molecule has 0 aromatic rings. The normalized spacial score (nSPS) is 22.6. The van der Waals surface area contributed by atoms with Gasteiger partial charge in [-0.2, -0.15) is 0 Å². The van der Waals surface area contributed by atoms with Gasteiger partial charge in [0.05, 0.1) is 6.54 Å². The maximum Gasteiger partial charge on any atom is 0.237 e. The third kappa shape index (κ3) is 5.95. The van der Waals surface area contributed by atoms with Crippen LogP contribution in [0.2, 0.25) is 0 Å². The number of hydrogen-bond donors (Lipinski definition) is 2. The number of nitrogens with two attached hydrogens (primary N) is 1. The fourth-order valence-electron chi connectivity index (χ4n) is 3.74. The summed E-state index contributed by atoms with van der Waals surface area (Å²) in [6, 6.07) is 0. The van der Waals surface area contributed by atoms with Gasteiger partial charge < -0.3 is 16.0 Å². The van der Waals surface area contributed by atoms with E-state index >= 15 is 0 Å². The molecule has 2 amide bonds. The van der Waals surface area contributed by atoms with E-state index in [9.17, 15) is 9.59 Å².